The van der Waals surface area contributed by atoms with E-state index in [1.54, 1.807) is 0 Å². The molecule has 100 valence electrons. The summed E-state index contributed by atoms with van der Waals surface area (Å²) in [5.74, 6) is 0.0559. The number of carbonyl (C=O) groups is 1. The van der Waals surface area contributed by atoms with Crippen molar-refractivity contribution in [2.75, 3.05) is 33.3 Å². The van der Waals surface area contributed by atoms with Crippen molar-refractivity contribution in [3.05, 3.63) is 0 Å². The Balaban J connectivity index is 2.15. The summed E-state index contributed by atoms with van der Waals surface area (Å²) >= 11 is 0. The van der Waals surface area contributed by atoms with Gasteiger partial charge in [-0.05, 0) is 27.3 Å². The highest BCUT2D eigenvalue weighted by Crippen LogP contribution is 2.07. The van der Waals surface area contributed by atoms with Crippen LogP contribution in [-0.4, -0.2) is 55.7 Å². The summed E-state index contributed by atoms with van der Waals surface area (Å²) in [7, 11) is 2.06. The van der Waals surface area contributed by atoms with Crippen LogP contribution in [0.2, 0.25) is 0 Å². The van der Waals surface area contributed by atoms with Crippen molar-refractivity contribution in [1.29, 1.82) is 0 Å². The van der Waals surface area contributed by atoms with Gasteiger partial charge in [0.05, 0.1) is 12.7 Å². The van der Waals surface area contributed by atoms with Gasteiger partial charge in [0.25, 0.3) is 0 Å². The van der Waals surface area contributed by atoms with E-state index >= 15 is 0 Å². The molecule has 0 saturated carbocycles. The van der Waals surface area contributed by atoms with Crippen LogP contribution in [0.5, 0.6) is 0 Å². The molecule has 0 radical (unpaired) electrons. The lowest BCUT2D eigenvalue weighted by Crippen LogP contribution is -2.46. The lowest BCUT2D eigenvalue weighted by molar-refractivity contribution is -0.122. The minimum Gasteiger partial charge on any atom is -0.374 e. The average molecular weight is 243 g/mol. The van der Waals surface area contributed by atoms with E-state index in [0.29, 0.717) is 19.4 Å². The SMILES string of the molecule is CN1CCOC(CNC(=O)CCC(C)(C)N)C1. The van der Waals surface area contributed by atoms with E-state index in [2.05, 4.69) is 17.3 Å². The average Bonchev–Trinajstić information content (AvgIpc) is 2.23. The van der Waals surface area contributed by atoms with Crippen LogP contribution in [0.25, 0.3) is 0 Å². The quantitative estimate of drug-likeness (QED) is 0.710. The predicted molar refractivity (Wildman–Crippen MR) is 67.7 cm³/mol. The first-order chi connectivity index (χ1) is 7.87. The fraction of sp³-hybridized carbons (Fsp3) is 0.917. The molecule has 1 atom stereocenters. The van der Waals surface area contributed by atoms with Gasteiger partial charge in [0.15, 0.2) is 0 Å². The van der Waals surface area contributed by atoms with Gasteiger partial charge in [-0.1, -0.05) is 0 Å². The molecule has 0 spiro atoms. The smallest absolute Gasteiger partial charge is 0.220 e. The lowest BCUT2D eigenvalue weighted by Gasteiger charge is -2.30. The van der Waals surface area contributed by atoms with Gasteiger partial charge in [0.2, 0.25) is 5.91 Å². The minimum atomic E-state index is -0.279. The number of carbonyl (C=O) groups excluding carboxylic acids is 1. The van der Waals surface area contributed by atoms with Crippen LogP contribution >= 0.6 is 0 Å². The van der Waals surface area contributed by atoms with Gasteiger partial charge in [0.1, 0.15) is 0 Å². The van der Waals surface area contributed by atoms with E-state index in [0.717, 1.165) is 19.7 Å². The van der Waals surface area contributed by atoms with E-state index < -0.39 is 0 Å². The molecule has 0 aromatic heterocycles. The number of rotatable bonds is 5. The molecule has 1 unspecified atom stereocenters. The fourth-order valence-electron chi connectivity index (χ4n) is 1.74. The third-order valence-electron chi connectivity index (χ3n) is 2.87. The lowest BCUT2D eigenvalue weighted by atomic mass is 10.00. The Kier molecular flexibility index (Phi) is 5.36. The summed E-state index contributed by atoms with van der Waals surface area (Å²) in [5.41, 5.74) is 5.55. The maximum atomic E-state index is 11.6. The Morgan fingerprint density at radius 3 is 2.88 bits per heavy atom. The Bertz CT molecular complexity index is 251. The van der Waals surface area contributed by atoms with E-state index in [1.165, 1.54) is 0 Å². The molecule has 17 heavy (non-hydrogen) atoms. The van der Waals surface area contributed by atoms with Gasteiger partial charge in [-0.15, -0.1) is 0 Å². The Morgan fingerprint density at radius 1 is 1.59 bits per heavy atom. The number of nitrogens with two attached hydrogens (primary N) is 1. The minimum absolute atomic E-state index is 0.0559. The van der Waals surface area contributed by atoms with Gasteiger partial charge >= 0.3 is 0 Å². The standard InChI is InChI=1S/C12H25N3O2/c1-12(2,13)5-4-11(16)14-8-10-9-15(3)6-7-17-10/h10H,4-9,13H2,1-3H3,(H,14,16). The number of likely N-dealkylation sites (N-methyl/N-ethyl adjacent to an activating group) is 1. The predicted octanol–water partition coefficient (Wildman–Crippen LogP) is -0.0493. The molecule has 0 aromatic carbocycles. The number of hydrogen-bond acceptors (Lipinski definition) is 4. The largest absolute Gasteiger partial charge is 0.374 e. The van der Waals surface area contributed by atoms with Gasteiger partial charge < -0.3 is 20.7 Å². The van der Waals surface area contributed by atoms with Crippen LogP contribution in [0.1, 0.15) is 26.7 Å². The molecule has 1 aliphatic rings. The van der Waals surface area contributed by atoms with Crippen LogP contribution in [0.4, 0.5) is 0 Å². The first-order valence-electron chi connectivity index (χ1n) is 6.22. The zero-order chi connectivity index (χ0) is 12.9. The summed E-state index contributed by atoms with van der Waals surface area (Å²) in [4.78, 5) is 13.8. The molecule has 3 N–H and O–H groups in total. The van der Waals surface area contributed by atoms with Gasteiger partial charge in [-0.2, -0.15) is 0 Å². The molecule has 1 saturated heterocycles. The highest BCUT2D eigenvalue weighted by molar-refractivity contribution is 5.75. The number of hydrogen-bond donors (Lipinski definition) is 2. The van der Waals surface area contributed by atoms with E-state index in [1.807, 2.05) is 13.8 Å². The second-order valence-electron chi connectivity index (χ2n) is 5.55. The first-order valence-corrected chi connectivity index (χ1v) is 6.22. The van der Waals surface area contributed by atoms with Crippen molar-refractivity contribution in [2.24, 2.45) is 5.73 Å². The molecule has 1 amide bonds. The zero-order valence-corrected chi connectivity index (χ0v) is 11.2. The molecule has 0 aromatic rings. The highest BCUT2D eigenvalue weighted by atomic mass is 16.5. The first kappa shape index (κ1) is 14.4. The van der Waals surface area contributed by atoms with Gasteiger partial charge in [0, 0.05) is 31.6 Å². The topological polar surface area (TPSA) is 67.6 Å². The van der Waals surface area contributed by atoms with Crippen LogP contribution < -0.4 is 11.1 Å². The number of ether oxygens (including phenoxy) is 1. The third kappa shape index (κ3) is 6.61. The van der Waals surface area contributed by atoms with Crippen molar-refractivity contribution >= 4 is 5.91 Å². The van der Waals surface area contributed by atoms with Crippen molar-refractivity contribution < 1.29 is 9.53 Å². The van der Waals surface area contributed by atoms with Crippen molar-refractivity contribution in [1.82, 2.24) is 10.2 Å². The number of nitrogens with zero attached hydrogens (tertiary/aromatic N) is 1. The molecule has 0 aliphatic carbocycles. The van der Waals surface area contributed by atoms with Crippen molar-refractivity contribution in [3.8, 4) is 0 Å². The summed E-state index contributed by atoms with van der Waals surface area (Å²) in [6.45, 7) is 7.04. The van der Waals surface area contributed by atoms with Crippen LogP contribution in [0, 0.1) is 0 Å². The van der Waals surface area contributed by atoms with E-state index in [4.69, 9.17) is 10.5 Å². The number of nitrogens with one attached hydrogen (secondary N) is 1. The molecule has 0 bridgehead atoms. The van der Waals surface area contributed by atoms with Crippen LogP contribution in [0.15, 0.2) is 0 Å². The third-order valence-corrected chi connectivity index (χ3v) is 2.87. The Hall–Kier alpha value is -0.650. The maximum absolute atomic E-state index is 11.6. The number of amides is 1. The van der Waals surface area contributed by atoms with Crippen LogP contribution in [-0.2, 0) is 9.53 Å². The molecule has 5 heteroatoms. The Morgan fingerprint density at radius 2 is 2.29 bits per heavy atom. The summed E-state index contributed by atoms with van der Waals surface area (Å²) in [5, 5.41) is 2.90. The van der Waals surface area contributed by atoms with Crippen LogP contribution in [0.3, 0.4) is 0 Å². The summed E-state index contributed by atoms with van der Waals surface area (Å²) < 4.78 is 5.56. The summed E-state index contributed by atoms with van der Waals surface area (Å²) in [6.07, 6.45) is 1.29. The molecule has 1 aliphatic heterocycles. The monoisotopic (exact) mass is 243 g/mol. The molecule has 1 rings (SSSR count). The van der Waals surface area contributed by atoms with E-state index in [-0.39, 0.29) is 17.6 Å². The summed E-state index contributed by atoms with van der Waals surface area (Å²) in [6, 6.07) is 0. The van der Waals surface area contributed by atoms with Gasteiger partial charge in [-0.25, -0.2) is 0 Å². The van der Waals surface area contributed by atoms with Gasteiger partial charge in [-0.3, -0.25) is 4.79 Å². The zero-order valence-electron chi connectivity index (χ0n) is 11.2. The molecule has 1 fully saturated rings. The van der Waals surface area contributed by atoms with Crippen molar-refractivity contribution in [2.45, 2.75) is 38.3 Å². The normalized spacial score (nSPS) is 22.5. The second-order valence-corrected chi connectivity index (χ2v) is 5.55. The highest BCUT2D eigenvalue weighted by Gasteiger charge is 2.19. The molecule has 1 heterocycles. The fourth-order valence-corrected chi connectivity index (χ4v) is 1.74. The van der Waals surface area contributed by atoms with Crippen molar-refractivity contribution in [3.63, 3.8) is 0 Å². The maximum Gasteiger partial charge on any atom is 0.220 e. The molecule has 5 nitrogen and oxygen atoms in total. The Labute approximate surface area is 104 Å². The molecular weight excluding hydrogens is 218 g/mol. The number of morpholine rings is 1. The molecular formula is C12H25N3O2. The van der Waals surface area contributed by atoms with E-state index in [9.17, 15) is 4.79 Å². The second kappa shape index (κ2) is 6.33.